The molecular formula is C23H38FN2O6PSi. The van der Waals surface area contributed by atoms with E-state index in [0.717, 1.165) is 0 Å². The lowest BCUT2D eigenvalue weighted by molar-refractivity contribution is 0.0573. The first-order valence-corrected chi connectivity index (χ1v) is 15.4. The maximum absolute atomic E-state index is 15.3. The van der Waals surface area contributed by atoms with Crippen molar-refractivity contribution in [2.45, 2.75) is 71.4 Å². The molecule has 8 nitrogen and oxygen atoms in total. The van der Waals surface area contributed by atoms with E-state index in [1.165, 1.54) is 21.9 Å². The molecule has 1 N–H and O–H groups in total. The summed E-state index contributed by atoms with van der Waals surface area (Å²) >= 11 is 0. The van der Waals surface area contributed by atoms with E-state index in [1.54, 1.807) is 26.8 Å². The summed E-state index contributed by atoms with van der Waals surface area (Å²) in [6.07, 6.45) is -1.38. The summed E-state index contributed by atoms with van der Waals surface area (Å²) in [7, 11) is -2.40. The topological polar surface area (TPSA) is 88.5 Å². The number of carbonyl (C=O) groups is 2. The van der Waals surface area contributed by atoms with E-state index >= 15 is 4.39 Å². The van der Waals surface area contributed by atoms with E-state index in [0.29, 0.717) is 11.8 Å². The Morgan fingerprint density at radius 1 is 1.29 bits per heavy atom. The molecule has 0 radical (unpaired) electrons. The predicted octanol–water partition coefficient (Wildman–Crippen LogP) is 5.50. The average Bonchev–Trinajstić information content (AvgIpc) is 3.04. The number of halogens is 1. The minimum atomic E-state index is -2.06. The van der Waals surface area contributed by atoms with Crippen molar-refractivity contribution in [3.63, 3.8) is 0 Å². The molecule has 1 fully saturated rings. The third-order valence-electron chi connectivity index (χ3n) is 5.92. The maximum atomic E-state index is 15.3. The number of rotatable bonds is 8. The van der Waals surface area contributed by atoms with Crippen LogP contribution in [-0.2, 0) is 13.9 Å². The summed E-state index contributed by atoms with van der Waals surface area (Å²) in [5.41, 5.74) is -0.400. The number of carbonyl (C=O) groups excluding carboxylic acids is 2. The molecular weight excluding hydrogens is 478 g/mol. The van der Waals surface area contributed by atoms with Crippen LogP contribution in [0.2, 0.25) is 18.1 Å². The van der Waals surface area contributed by atoms with Gasteiger partial charge in [0.2, 0.25) is 0 Å². The van der Waals surface area contributed by atoms with Crippen molar-refractivity contribution in [3.05, 3.63) is 24.0 Å². The lowest BCUT2D eigenvalue weighted by Crippen LogP contribution is -2.44. The fourth-order valence-electron chi connectivity index (χ4n) is 3.06. The molecule has 2 rings (SSSR count). The van der Waals surface area contributed by atoms with E-state index in [-0.39, 0.29) is 39.2 Å². The second kappa shape index (κ2) is 10.9. The highest BCUT2D eigenvalue weighted by atomic mass is 31.1. The molecule has 0 aromatic heterocycles. The number of amides is 2. The first-order chi connectivity index (χ1) is 15.6. The molecule has 1 saturated heterocycles. The SMILES string of the molecule is CC(C)(C)OC(=O)N(CCO[Si](C)(C)C(C)(C)C)c1ccc(N2C[C@H](CPO)OC2=O)cc1F. The second-order valence-electron chi connectivity index (χ2n) is 10.9. The summed E-state index contributed by atoms with van der Waals surface area (Å²) in [6, 6.07) is 4.22. The third kappa shape index (κ3) is 7.38. The molecule has 1 aromatic rings. The molecule has 0 aliphatic carbocycles. The summed E-state index contributed by atoms with van der Waals surface area (Å²) in [5.74, 6) is -0.670. The summed E-state index contributed by atoms with van der Waals surface area (Å²) in [6.45, 7) is 16.4. The number of benzene rings is 1. The quantitative estimate of drug-likeness (QED) is 0.363. The van der Waals surface area contributed by atoms with Crippen molar-refractivity contribution in [3.8, 4) is 0 Å². The Bertz CT molecular complexity index is 887. The van der Waals surface area contributed by atoms with Gasteiger partial charge in [0.05, 0.1) is 31.1 Å². The maximum Gasteiger partial charge on any atom is 0.414 e. The van der Waals surface area contributed by atoms with Gasteiger partial charge in [-0.15, -0.1) is 0 Å². The normalized spacial score (nSPS) is 17.4. The van der Waals surface area contributed by atoms with E-state index in [9.17, 15) is 9.59 Å². The molecule has 2 amide bonds. The van der Waals surface area contributed by atoms with E-state index in [1.807, 2.05) is 0 Å². The van der Waals surface area contributed by atoms with Crippen LogP contribution in [0.5, 0.6) is 0 Å². The van der Waals surface area contributed by atoms with Crippen LogP contribution < -0.4 is 9.80 Å². The van der Waals surface area contributed by atoms with Crippen LogP contribution in [0.1, 0.15) is 41.5 Å². The molecule has 0 bridgehead atoms. The van der Waals surface area contributed by atoms with Crippen molar-refractivity contribution < 1.29 is 32.8 Å². The first kappa shape index (κ1) is 28.5. The fourth-order valence-corrected chi connectivity index (χ4v) is 4.51. The minimum absolute atomic E-state index is 0.00460. The minimum Gasteiger partial charge on any atom is -0.443 e. The number of anilines is 2. The van der Waals surface area contributed by atoms with Crippen molar-refractivity contribution in [1.29, 1.82) is 0 Å². The van der Waals surface area contributed by atoms with Crippen molar-refractivity contribution in [1.82, 2.24) is 0 Å². The van der Waals surface area contributed by atoms with Gasteiger partial charge in [-0.1, -0.05) is 20.8 Å². The molecule has 34 heavy (non-hydrogen) atoms. The van der Waals surface area contributed by atoms with Crippen LogP contribution in [0.4, 0.5) is 25.4 Å². The highest BCUT2D eigenvalue weighted by Gasteiger charge is 2.38. The average molecular weight is 517 g/mol. The fraction of sp³-hybridized carbons (Fsp3) is 0.652. The van der Waals surface area contributed by atoms with Crippen molar-refractivity contribution >= 4 is 40.7 Å². The van der Waals surface area contributed by atoms with Gasteiger partial charge in [-0.3, -0.25) is 9.80 Å². The van der Waals surface area contributed by atoms with Gasteiger partial charge in [0.15, 0.2) is 8.32 Å². The summed E-state index contributed by atoms with van der Waals surface area (Å²) in [5, 5.41) is -0.00460. The van der Waals surface area contributed by atoms with Gasteiger partial charge in [-0.2, -0.15) is 0 Å². The molecule has 192 valence electrons. The van der Waals surface area contributed by atoms with Gasteiger partial charge in [-0.05, 0) is 57.1 Å². The Hall–Kier alpha value is -1.74. The largest absolute Gasteiger partial charge is 0.443 e. The number of hydrogen-bond acceptors (Lipinski definition) is 6. The van der Waals surface area contributed by atoms with Crippen LogP contribution >= 0.6 is 8.81 Å². The lowest BCUT2D eigenvalue weighted by Gasteiger charge is -2.37. The Labute approximate surface area is 204 Å². The smallest absolute Gasteiger partial charge is 0.414 e. The molecule has 1 unspecified atom stereocenters. The number of hydrogen-bond donors (Lipinski definition) is 1. The van der Waals surface area contributed by atoms with Crippen LogP contribution in [0.25, 0.3) is 0 Å². The predicted molar refractivity (Wildman–Crippen MR) is 136 cm³/mol. The zero-order valence-electron chi connectivity index (χ0n) is 21.4. The monoisotopic (exact) mass is 516 g/mol. The van der Waals surface area contributed by atoms with Crippen LogP contribution in [0.15, 0.2) is 18.2 Å². The highest BCUT2D eigenvalue weighted by molar-refractivity contribution is 7.31. The Morgan fingerprint density at radius 3 is 2.47 bits per heavy atom. The summed E-state index contributed by atoms with van der Waals surface area (Å²) in [4.78, 5) is 36.8. The first-order valence-electron chi connectivity index (χ1n) is 11.3. The molecule has 1 heterocycles. The van der Waals surface area contributed by atoms with Crippen molar-refractivity contribution in [2.75, 3.05) is 35.7 Å². The number of ether oxygens (including phenoxy) is 2. The molecule has 0 saturated carbocycles. The highest BCUT2D eigenvalue weighted by Crippen LogP contribution is 2.36. The third-order valence-corrected chi connectivity index (χ3v) is 11.1. The van der Waals surface area contributed by atoms with Crippen LogP contribution in [0.3, 0.4) is 0 Å². The summed E-state index contributed by atoms with van der Waals surface area (Å²) < 4.78 is 32.2. The van der Waals surface area contributed by atoms with Crippen molar-refractivity contribution in [2.24, 2.45) is 0 Å². The van der Waals surface area contributed by atoms with Crippen LogP contribution in [-0.4, -0.2) is 63.0 Å². The number of cyclic esters (lactones) is 1. The zero-order chi connectivity index (χ0) is 25.9. The number of nitrogens with zero attached hydrogens (tertiary/aromatic N) is 2. The van der Waals surface area contributed by atoms with Gasteiger partial charge in [0.25, 0.3) is 0 Å². The molecule has 1 aliphatic heterocycles. The Balaban J connectivity index is 2.26. The van der Waals surface area contributed by atoms with Gasteiger partial charge in [0.1, 0.15) is 17.5 Å². The lowest BCUT2D eigenvalue weighted by atomic mass is 10.2. The van der Waals surface area contributed by atoms with Gasteiger partial charge in [0, 0.05) is 15.0 Å². The van der Waals surface area contributed by atoms with E-state index in [4.69, 9.17) is 18.8 Å². The van der Waals surface area contributed by atoms with Gasteiger partial charge in [-0.25, -0.2) is 14.0 Å². The molecule has 2 atom stereocenters. The standard InChI is InChI=1S/C23H38FN2O6PSi/c1-22(2,3)32-21(28)25(11-12-30-34(7,8)23(4,5)6)19-10-9-16(13-18(19)24)26-14-17(15-33-29)31-20(26)27/h9-10,13,17,29,33H,11-12,14-15H2,1-8H3/t17-/m1/s1. The Morgan fingerprint density at radius 2 is 1.94 bits per heavy atom. The van der Waals surface area contributed by atoms with Gasteiger partial charge < -0.3 is 18.8 Å². The van der Waals surface area contributed by atoms with E-state index in [2.05, 4.69) is 33.9 Å². The van der Waals surface area contributed by atoms with E-state index < -0.39 is 38.0 Å². The Kier molecular flexibility index (Phi) is 9.13. The zero-order valence-corrected chi connectivity index (χ0v) is 23.4. The van der Waals surface area contributed by atoms with Gasteiger partial charge >= 0.3 is 12.2 Å². The molecule has 0 spiro atoms. The molecule has 11 heteroatoms. The van der Waals surface area contributed by atoms with Crippen LogP contribution in [0, 0.1) is 5.82 Å². The molecule has 1 aliphatic rings. The molecule has 1 aromatic carbocycles. The second-order valence-corrected chi connectivity index (χ2v) is 16.4.